The number of hydrogen-bond donors (Lipinski definition) is 2. The van der Waals surface area contributed by atoms with Crippen molar-refractivity contribution in [3.05, 3.63) is 65.2 Å². The van der Waals surface area contributed by atoms with Crippen molar-refractivity contribution in [1.82, 2.24) is 4.90 Å². The van der Waals surface area contributed by atoms with Crippen molar-refractivity contribution in [2.75, 3.05) is 18.4 Å². The van der Waals surface area contributed by atoms with Crippen LogP contribution < -0.4 is 11.1 Å². The van der Waals surface area contributed by atoms with E-state index >= 15 is 0 Å². The monoisotopic (exact) mass is 339 g/mol. The van der Waals surface area contributed by atoms with Crippen molar-refractivity contribution in [2.45, 2.75) is 26.8 Å². The number of nitrogens with zero attached hydrogens (tertiary/aromatic N) is 1. The fraction of sp³-hybridized carbons (Fsp3) is 0.300. The predicted molar refractivity (Wildman–Crippen MR) is 100 cm³/mol. The average molecular weight is 339 g/mol. The summed E-state index contributed by atoms with van der Waals surface area (Å²) in [5.41, 5.74) is 8.87. The number of nitrogens with one attached hydrogen (secondary N) is 1. The van der Waals surface area contributed by atoms with Crippen molar-refractivity contribution < 1.29 is 9.59 Å². The van der Waals surface area contributed by atoms with Gasteiger partial charge in [0.25, 0.3) is 5.91 Å². The summed E-state index contributed by atoms with van der Waals surface area (Å²) in [5.74, 6) is -0.347. The number of para-hydroxylation sites is 1. The van der Waals surface area contributed by atoms with Gasteiger partial charge in [0.05, 0.1) is 0 Å². The molecule has 5 nitrogen and oxygen atoms in total. The summed E-state index contributed by atoms with van der Waals surface area (Å²) >= 11 is 0. The van der Waals surface area contributed by atoms with Gasteiger partial charge in [-0.2, -0.15) is 0 Å². The molecule has 0 aliphatic carbocycles. The normalized spacial score (nSPS) is 10.4. The van der Waals surface area contributed by atoms with Gasteiger partial charge in [-0.15, -0.1) is 0 Å². The zero-order valence-corrected chi connectivity index (χ0v) is 14.8. The van der Waals surface area contributed by atoms with E-state index in [0.29, 0.717) is 18.7 Å². The molecular weight excluding hydrogens is 314 g/mol. The van der Waals surface area contributed by atoms with Crippen LogP contribution >= 0.6 is 0 Å². The Bertz CT molecular complexity index is 726. The number of nitrogens with two attached hydrogens (primary N) is 1. The molecule has 0 saturated carbocycles. The van der Waals surface area contributed by atoms with Crippen LogP contribution in [0.25, 0.3) is 0 Å². The molecule has 3 N–H and O–H groups in total. The number of aryl methyl sites for hydroxylation is 1. The highest BCUT2D eigenvalue weighted by molar-refractivity contribution is 5.99. The predicted octanol–water partition coefficient (Wildman–Crippen LogP) is 2.94. The second-order valence-corrected chi connectivity index (χ2v) is 5.99. The maximum atomic E-state index is 12.7. The molecule has 0 radical (unpaired) electrons. The summed E-state index contributed by atoms with van der Waals surface area (Å²) in [4.78, 5) is 26.6. The van der Waals surface area contributed by atoms with Crippen LogP contribution in [0.5, 0.6) is 0 Å². The molecule has 2 aromatic carbocycles. The molecule has 0 saturated heterocycles. The summed E-state index contributed by atoms with van der Waals surface area (Å²) in [7, 11) is 0. The molecule has 25 heavy (non-hydrogen) atoms. The topological polar surface area (TPSA) is 75.4 Å². The van der Waals surface area contributed by atoms with E-state index in [1.54, 1.807) is 17.0 Å². The highest BCUT2D eigenvalue weighted by atomic mass is 16.2. The van der Waals surface area contributed by atoms with Gasteiger partial charge in [0.2, 0.25) is 5.91 Å². The van der Waals surface area contributed by atoms with Gasteiger partial charge < -0.3 is 16.0 Å². The summed E-state index contributed by atoms with van der Waals surface area (Å²) in [6.45, 7) is 4.91. The van der Waals surface area contributed by atoms with Crippen LogP contribution in [0.3, 0.4) is 0 Å². The van der Waals surface area contributed by atoms with Crippen LogP contribution in [-0.4, -0.2) is 29.8 Å². The molecule has 0 atom stereocenters. The number of hydrogen-bond acceptors (Lipinski definition) is 3. The van der Waals surface area contributed by atoms with E-state index in [1.165, 1.54) is 0 Å². The minimum Gasteiger partial charge on any atom is -0.329 e. The van der Waals surface area contributed by atoms with Gasteiger partial charge in [-0.1, -0.05) is 37.3 Å². The lowest BCUT2D eigenvalue weighted by Crippen LogP contribution is -2.38. The second kappa shape index (κ2) is 8.99. The average Bonchev–Trinajstić information content (AvgIpc) is 2.63. The minimum atomic E-state index is -0.199. The van der Waals surface area contributed by atoms with Crippen molar-refractivity contribution >= 4 is 17.5 Å². The highest BCUT2D eigenvalue weighted by Gasteiger charge is 2.18. The number of anilines is 1. The van der Waals surface area contributed by atoms with Gasteiger partial charge in [0.1, 0.15) is 6.54 Å². The zero-order valence-electron chi connectivity index (χ0n) is 14.8. The van der Waals surface area contributed by atoms with Crippen LogP contribution in [-0.2, 0) is 11.3 Å². The third-order valence-electron chi connectivity index (χ3n) is 3.97. The Hall–Kier alpha value is -2.66. The Labute approximate surface area is 148 Å². The van der Waals surface area contributed by atoms with Crippen LogP contribution in [0.2, 0.25) is 0 Å². The molecule has 2 rings (SSSR count). The molecule has 132 valence electrons. The lowest BCUT2D eigenvalue weighted by molar-refractivity contribution is -0.116. The highest BCUT2D eigenvalue weighted by Crippen LogP contribution is 2.14. The third-order valence-corrected chi connectivity index (χ3v) is 3.97. The maximum Gasteiger partial charge on any atom is 0.254 e. The van der Waals surface area contributed by atoms with Gasteiger partial charge in [0, 0.05) is 24.3 Å². The van der Waals surface area contributed by atoms with Crippen LogP contribution in [0, 0.1) is 6.92 Å². The molecule has 0 heterocycles. The Morgan fingerprint density at radius 1 is 1.08 bits per heavy atom. The first kappa shape index (κ1) is 18.7. The molecule has 0 aliphatic heterocycles. The van der Waals surface area contributed by atoms with Gasteiger partial charge in [-0.05, 0) is 42.7 Å². The number of benzene rings is 2. The summed E-state index contributed by atoms with van der Waals surface area (Å²) < 4.78 is 0. The van der Waals surface area contributed by atoms with E-state index in [4.69, 9.17) is 5.73 Å². The van der Waals surface area contributed by atoms with E-state index in [2.05, 4.69) is 5.32 Å². The largest absolute Gasteiger partial charge is 0.329 e. The lowest BCUT2D eigenvalue weighted by atomic mass is 10.1. The van der Waals surface area contributed by atoms with Crippen molar-refractivity contribution in [1.29, 1.82) is 0 Å². The Morgan fingerprint density at radius 2 is 1.76 bits per heavy atom. The Balaban J connectivity index is 2.07. The fourth-order valence-electron chi connectivity index (χ4n) is 2.56. The Kier molecular flexibility index (Phi) is 6.71. The van der Waals surface area contributed by atoms with E-state index in [9.17, 15) is 9.59 Å². The molecular formula is C20H25N3O2. The minimum absolute atomic E-state index is 0.0274. The quantitative estimate of drug-likeness (QED) is 0.814. The first-order valence-corrected chi connectivity index (χ1v) is 8.49. The molecule has 0 bridgehead atoms. The van der Waals surface area contributed by atoms with E-state index in [0.717, 1.165) is 23.2 Å². The number of carbonyl (C=O) groups excluding carboxylic acids is 2. The molecule has 0 fully saturated rings. The fourth-order valence-corrected chi connectivity index (χ4v) is 2.56. The standard InChI is InChI=1S/C20H25N3O2/c1-3-12-23(20(25)17-10-8-16(13-21)9-11-17)14-19(24)22-18-7-5-4-6-15(18)2/h4-11H,3,12-14,21H2,1-2H3,(H,22,24). The van der Waals surface area contributed by atoms with Crippen LogP contribution in [0.4, 0.5) is 5.69 Å². The molecule has 0 aromatic heterocycles. The lowest BCUT2D eigenvalue weighted by Gasteiger charge is -2.22. The van der Waals surface area contributed by atoms with Gasteiger partial charge >= 0.3 is 0 Å². The Morgan fingerprint density at radius 3 is 2.36 bits per heavy atom. The van der Waals surface area contributed by atoms with E-state index in [1.807, 2.05) is 50.2 Å². The molecule has 2 amide bonds. The smallest absolute Gasteiger partial charge is 0.254 e. The zero-order chi connectivity index (χ0) is 18.2. The molecule has 0 spiro atoms. The van der Waals surface area contributed by atoms with Gasteiger partial charge in [0.15, 0.2) is 0 Å². The molecule has 0 aliphatic rings. The third kappa shape index (κ3) is 5.16. The molecule has 2 aromatic rings. The van der Waals surface area contributed by atoms with Crippen LogP contribution in [0.1, 0.15) is 34.8 Å². The van der Waals surface area contributed by atoms with Crippen molar-refractivity contribution in [2.24, 2.45) is 5.73 Å². The van der Waals surface area contributed by atoms with Gasteiger partial charge in [-0.25, -0.2) is 0 Å². The summed E-state index contributed by atoms with van der Waals surface area (Å²) in [6, 6.07) is 14.8. The van der Waals surface area contributed by atoms with E-state index < -0.39 is 0 Å². The maximum absolute atomic E-state index is 12.7. The summed E-state index contributed by atoms with van der Waals surface area (Å²) in [5, 5.41) is 2.87. The first-order chi connectivity index (χ1) is 12.0. The SMILES string of the molecule is CCCN(CC(=O)Nc1ccccc1C)C(=O)c1ccc(CN)cc1. The number of carbonyl (C=O) groups is 2. The summed E-state index contributed by atoms with van der Waals surface area (Å²) in [6.07, 6.45) is 0.782. The van der Waals surface area contributed by atoms with Crippen LogP contribution in [0.15, 0.2) is 48.5 Å². The van der Waals surface area contributed by atoms with E-state index in [-0.39, 0.29) is 18.4 Å². The molecule has 5 heteroatoms. The van der Waals surface area contributed by atoms with Crippen molar-refractivity contribution in [3.8, 4) is 0 Å². The number of rotatable bonds is 7. The number of amides is 2. The van der Waals surface area contributed by atoms with Crippen molar-refractivity contribution in [3.63, 3.8) is 0 Å². The molecule has 0 unspecified atom stereocenters. The first-order valence-electron chi connectivity index (χ1n) is 8.49. The second-order valence-electron chi connectivity index (χ2n) is 5.99. The van der Waals surface area contributed by atoms with Gasteiger partial charge in [-0.3, -0.25) is 9.59 Å².